The molecule has 1 N–H and O–H groups in total. The van der Waals surface area contributed by atoms with E-state index in [9.17, 15) is 5.11 Å². The van der Waals surface area contributed by atoms with Gasteiger partial charge in [0.15, 0.2) is 0 Å². The highest BCUT2D eigenvalue weighted by atomic mass is 79.9. The quantitative estimate of drug-likeness (QED) is 0.882. The van der Waals surface area contributed by atoms with Crippen molar-refractivity contribution in [2.24, 2.45) is 5.92 Å². The van der Waals surface area contributed by atoms with Gasteiger partial charge in [-0.1, -0.05) is 0 Å². The van der Waals surface area contributed by atoms with Gasteiger partial charge in [0, 0.05) is 14.7 Å². The molecule has 1 unspecified atom stereocenters. The summed E-state index contributed by atoms with van der Waals surface area (Å²) >= 11 is 5.19. The van der Waals surface area contributed by atoms with Crippen LogP contribution in [0.4, 0.5) is 0 Å². The first-order chi connectivity index (χ1) is 6.25. The number of hydrogen-bond acceptors (Lipinski definition) is 2. The Hall–Kier alpha value is 0.140. The predicted octanol–water partition coefficient (Wildman–Crippen LogP) is 3.21. The van der Waals surface area contributed by atoms with E-state index in [-0.39, 0.29) is 6.10 Å². The first-order valence-electron chi connectivity index (χ1n) is 4.66. The molecule has 3 heteroatoms. The summed E-state index contributed by atoms with van der Waals surface area (Å²) in [7, 11) is 0. The van der Waals surface area contributed by atoms with Gasteiger partial charge in [-0.15, -0.1) is 11.3 Å². The molecule has 0 bridgehead atoms. The van der Waals surface area contributed by atoms with Crippen LogP contribution < -0.4 is 0 Å². The van der Waals surface area contributed by atoms with Crippen LogP contribution in [0.3, 0.4) is 0 Å². The van der Waals surface area contributed by atoms with Gasteiger partial charge in [-0.2, -0.15) is 0 Å². The number of hydrogen-bond donors (Lipinski definition) is 1. The molecule has 1 saturated carbocycles. The number of rotatable bonds is 4. The molecule has 1 atom stereocenters. The summed E-state index contributed by atoms with van der Waals surface area (Å²) in [4.78, 5) is 1.37. The molecule has 1 aliphatic rings. The second kappa shape index (κ2) is 4.11. The molecule has 1 nitrogen and oxygen atoms in total. The van der Waals surface area contributed by atoms with E-state index in [0.29, 0.717) is 5.92 Å². The topological polar surface area (TPSA) is 20.2 Å². The highest BCUT2D eigenvalue weighted by Gasteiger charge is 2.29. The first kappa shape index (κ1) is 9.69. The van der Waals surface area contributed by atoms with Gasteiger partial charge in [0.05, 0.1) is 6.10 Å². The standard InChI is InChI=1S/C10H13BrOS/c11-8-5-9(13-6-8)3-4-10(12)7-1-2-7/h5-7,10,12H,1-4H2. The molecule has 0 saturated heterocycles. The Morgan fingerprint density at radius 3 is 2.92 bits per heavy atom. The zero-order valence-corrected chi connectivity index (χ0v) is 9.77. The fourth-order valence-electron chi connectivity index (χ4n) is 1.49. The van der Waals surface area contributed by atoms with E-state index in [1.807, 2.05) is 0 Å². The summed E-state index contributed by atoms with van der Waals surface area (Å²) in [5.74, 6) is 0.614. The molecule has 0 aromatic carbocycles. The molecule has 0 radical (unpaired) electrons. The Morgan fingerprint density at radius 1 is 1.62 bits per heavy atom. The van der Waals surface area contributed by atoms with Gasteiger partial charge in [-0.3, -0.25) is 0 Å². The average molecular weight is 261 g/mol. The zero-order chi connectivity index (χ0) is 9.26. The maximum Gasteiger partial charge on any atom is 0.0571 e. The van der Waals surface area contributed by atoms with Crippen molar-refractivity contribution in [3.8, 4) is 0 Å². The minimum Gasteiger partial charge on any atom is -0.393 e. The van der Waals surface area contributed by atoms with Crippen molar-refractivity contribution in [1.82, 2.24) is 0 Å². The molecule has 1 fully saturated rings. The van der Waals surface area contributed by atoms with Gasteiger partial charge >= 0.3 is 0 Å². The highest BCUT2D eigenvalue weighted by Crippen LogP contribution is 2.34. The van der Waals surface area contributed by atoms with Gasteiger partial charge in [0.25, 0.3) is 0 Å². The molecule has 72 valence electrons. The number of halogens is 1. The van der Waals surface area contributed by atoms with Crippen molar-refractivity contribution in [3.05, 3.63) is 20.8 Å². The Labute approximate surface area is 90.9 Å². The van der Waals surface area contributed by atoms with Crippen LogP contribution >= 0.6 is 27.3 Å². The lowest BCUT2D eigenvalue weighted by Crippen LogP contribution is -2.09. The number of aryl methyl sites for hydroxylation is 1. The van der Waals surface area contributed by atoms with Crippen LogP contribution in [0.5, 0.6) is 0 Å². The summed E-state index contributed by atoms with van der Waals surface area (Å²) in [5, 5.41) is 11.7. The van der Waals surface area contributed by atoms with Crippen LogP contribution in [0.15, 0.2) is 15.9 Å². The number of thiophene rings is 1. The SMILES string of the molecule is OC(CCc1cc(Br)cs1)C1CC1. The fraction of sp³-hybridized carbons (Fsp3) is 0.600. The van der Waals surface area contributed by atoms with Crippen LogP contribution in [-0.2, 0) is 6.42 Å². The predicted molar refractivity (Wildman–Crippen MR) is 59.1 cm³/mol. The number of aliphatic hydroxyl groups is 1. The van der Waals surface area contributed by atoms with Crippen LogP contribution in [0.25, 0.3) is 0 Å². The molecular weight excluding hydrogens is 248 g/mol. The molecule has 2 rings (SSSR count). The molecule has 1 aromatic heterocycles. The Morgan fingerprint density at radius 2 is 2.38 bits per heavy atom. The van der Waals surface area contributed by atoms with E-state index in [1.54, 1.807) is 11.3 Å². The summed E-state index contributed by atoms with van der Waals surface area (Å²) in [5.41, 5.74) is 0. The maximum absolute atomic E-state index is 9.65. The van der Waals surface area contributed by atoms with Crippen molar-refractivity contribution in [2.75, 3.05) is 0 Å². The van der Waals surface area contributed by atoms with E-state index in [1.165, 1.54) is 17.7 Å². The van der Waals surface area contributed by atoms with E-state index in [2.05, 4.69) is 27.4 Å². The van der Waals surface area contributed by atoms with Crippen LogP contribution in [0.1, 0.15) is 24.1 Å². The fourth-order valence-corrected chi connectivity index (χ4v) is 2.96. The van der Waals surface area contributed by atoms with Crippen molar-refractivity contribution in [3.63, 3.8) is 0 Å². The molecule has 1 aromatic rings. The lowest BCUT2D eigenvalue weighted by molar-refractivity contribution is 0.142. The third-order valence-corrected chi connectivity index (χ3v) is 4.23. The molecule has 13 heavy (non-hydrogen) atoms. The second-order valence-corrected chi connectivity index (χ2v) is 5.59. The highest BCUT2D eigenvalue weighted by molar-refractivity contribution is 9.10. The minimum absolute atomic E-state index is 0.0547. The molecule has 0 amide bonds. The Bertz CT molecular complexity index is 280. The van der Waals surface area contributed by atoms with Gasteiger partial charge in [-0.05, 0) is 53.6 Å². The largest absolute Gasteiger partial charge is 0.393 e. The van der Waals surface area contributed by atoms with Crippen molar-refractivity contribution < 1.29 is 5.11 Å². The molecular formula is C10H13BrOS. The van der Waals surface area contributed by atoms with Gasteiger partial charge in [0.1, 0.15) is 0 Å². The third kappa shape index (κ3) is 2.79. The lowest BCUT2D eigenvalue weighted by atomic mass is 10.1. The molecule has 1 heterocycles. The molecule has 0 spiro atoms. The third-order valence-electron chi connectivity index (χ3n) is 2.47. The number of aliphatic hydroxyl groups excluding tert-OH is 1. The Kier molecular flexibility index (Phi) is 3.06. The van der Waals surface area contributed by atoms with E-state index in [4.69, 9.17) is 0 Å². The van der Waals surface area contributed by atoms with Crippen molar-refractivity contribution in [1.29, 1.82) is 0 Å². The summed E-state index contributed by atoms with van der Waals surface area (Å²) in [6.07, 6.45) is 4.36. The van der Waals surface area contributed by atoms with Crippen LogP contribution in [0, 0.1) is 5.92 Å². The second-order valence-electron chi connectivity index (χ2n) is 3.67. The van der Waals surface area contributed by atoms with E-state index >= 15 is 0 Å². The van der Waals surface area contributed by atoms with E-state index in [0.717, 1.165) is 17.3 Å². The van der Waals surface area contributed by atoms with Crippen molar-refractivity contribution >= 4 is 27.3 Å². The zero-order valence-electron chi connectivity index (χ0n) is 7.37. The molecule has 0 aliphatic heterocycles. The minimum atomic E-state index is -0.0547. The summed E-state index contributed by atoms with van der Waals surface area (Å²) in [6, 6.07) is 2.14. The lowest BCUT2D eigenvalue weighted by Gasteiger charge is -2.06. The van der Waals surface area contributed by atoms with Gasteiger partial charge in [0.2, 0.25) is 0 Å². The average Bonchev–Trinajstić information content (AvgIpc) is 2.87. The summed E-state index contributed by atoms with van der Waals surface area (Å²) in [6.45, 7) is 0. The molecule has 1 aliphatic carbocycles. The normalized spacial score (nSPS) is 18.9. The Balaban J connectivity index is 1.78. The maximum atomic E-state index is 9.65. The van der Waals surface area contributed by atoms with Gasteiger partial charge in [-0.25, -0.2) is 0 Å². The smallest absolute Gasteiger partial charge is 0.0571 e. The van der Waals surface area contributed by atoms with Crippen molar-refractivity contribution in [2.45, 2.75) is 31.8 Å². The monoisotopic (exact) mass is 260 g/mol. The van der Waals surface area contributed by atoms with Crippen LogP contribution in [0.2, 0.25) is 0 Å². The first-order valence-corrected chi connectivity index (χ1v) is 6.34. The summed E-state index contributed by atoms with van der Waals surface area (Å²) < 4.78 is 1.16. The van der Waals surface area contributed by atoms with Gasteiger partial charge < -0.3 is 5.11 Å². The van der Waals surface area contributed by atoms with Crippen LogP contribution in [-0.4, -0.2) is 11.2 Å². The van der Waals surface area contributed by atoms with E-state index < -0.39 is 0 Å².